The fourth-order valence-electron chi connectivity index (χ4n) is 3.61. The second kappa shape index (κ2) is 9.13. The van der Waals surface area contributed by atoms with Gasteiger partial charge in [0.15, 0.2) is 5.69 Å². The Morgan fingerprint density at radius 1 is 1.03 bits per heavy atom. The van der Waals surface area contributed by atoms with E-state index in [1.807, 2.05) is 45.9 Å². The van der Waals surface area contributed by atoms with E-state index in [4.69, 9.17) is 0 Å². The van der Waals surface area contributed by atoms with Crippen LogP contribution < -0.4 is 10.7 Å². The van der Waals surface area contributed by atoms with Gasteiger partial charge in [-0.15, -0.1) is 0 Å². The van der Waals surface area contributed by atoms with Crippen molar-refractivity contribution in [1.82, 2.24) is 9.78 Å². The zero-order chi connectivity index (χ0) is 23.6. The number of aryl methyl sites for hydroxylation is 1. The highest BCUT2D eigenvalue weighted by Crippen LogP contribution is 2.32. The van der Waals surface area contributed by atoms with Crippen LogP contribution in [0, 0.1) is 17.0 Å². The zero-order valence-corrected chi connectivity index (χ0v) is 18.7. The molecule has 8 heteroatoms. The van der Waals surface area contributed by atoms with Crippen LogP contribution in [0.25, 0.3) is 5.69 Å². The standard InChI is InChI=1S/C24H26N4O4/c1-14(2)17-9-8-10-18(15(3)4)22(17)25-24(30)23-21(29)13-16(5)27(26-23)19-11-6-7-12-20(19)28(31)32/h6-15H,1-5H3,(H,25,30). The van der Waals surface area contributed by atoms with Crippen molar-refractivity contribution in [3.05, 3.63) is 91.4 Å². The minimum Gasteiger partial charge on any atom is -0.320 e. The molecule has 0 bridgehead atoms. The maximum Gasteiger partial charge on any atom is 0.294 e. The molecule has 2 aromatic carbocycles. The number of rotatable bonds is 6. The second-order valence-corrected chi connectivity index (χ2v) is 8.23. The lowest BCUT2D eigenvalue weighted by Crippen LogP contribution is -2.28. The van der Waals surface area contributed by atoms with Gasteiger partial charge in [0.1, 0.15) is 5.69 Å². The van der Waals surface area contributed by atoms with Crippen LogP contribution in [-0.4, -0.2) is 20.6 Å². The van der Waals surface area contributed by atoms with E-state index in [9.17, 15) is 19.7 Å². The molecule has 0 unspecified atom stereocenters. The normalized spacial score (nSPS) is 11.1. The van der Waals surface area contributed by atoms with Crippen LogP contribution in [0.5, 0.6) is 0 Å². The molecule has 3 rings (SSSR count). The number of aromatic nitrogens is 2. The quantitative estimate of drug-likeness (QED) is 0.436. The van der Waals surface area contributed by atoms with Crippen molar-refractivity contribution >= 4 is 17.3 Å². The largest absolute Gasteiger partial charge is 0.320 e. The van der Waals surface area contributed by atoms with E-state index in [1.54, 1.807) is 19.1 Å². The minimum absolute atomic E-state index is 0.151. The first kappa shape index (κ1) is 22.9. The molecule has 0 atom stereocenters. The maximum absolute atomic E-state index is 13.2. The van der Waals surface area contributed by atoms with Crippen LogP contribution in [0.15, 0.2) is 53.3 Å². The van der Waals surface area contributed by atoms with Crippen molar-refractivity contribution in [2.24, 2.45) is 0 Å². The first-order valence-electron chi connectivity index (χ1n) is 10.4. The van der Waals surface area contributed by atoms with Crippen molar-refractivity contribution in [1.29, 1.82) is 0 Å². The number of hydrogen-bond donors (Lipinski definition) is 1. The van der Waals surface area contributed by atoms with Crippen molar-refractivity contribution in [3.8, 4) is 5.69 Å². The lowest BCUT2D eigenvalue weighted by atomic mass is 9.92. The van der Waals surface area contributed by atoms with Gasteiger partial charge in [-0.1, -0.05) is 58.0 Å². The number of para-hydroxylation sites is 3. The first-order valence-corrected chi connectivity index (χ1v) is 10.4. The van der Waals surface area contributed by atoms with E-state index < -0.39 is 16.3 Å². The molecule has 8 nitrogen and oxygen atoms in total. The zero-order valence-electron chi connectivity index (χ0n) is 18.7. The van der Waals surface area contributed by atoms with Crippen molar-refractivity contribution in [3.63, 3.8) is 0 Å². The van der Waals surface area contributed by atoms with E-state index in [1.165, 1.54) is 22.9 Å². The molecular formula is C24H26N4O4. The summed E-state index contributed by atoms with van der Waals surface area (Å²) in [7, 11) is 0. The van der Waals surface area contributed by atoms with Crippen molar-refractivity contribution in [2.45, 2.75) is 46.5 Å². The first-order chi connectivity index (χ1) is 15.1. The molecule has 1 amide bonds. The maximum atomic E-state index is 13.2. The fraction of sp³-hybridized carbons (Fsp3) is 0.292. The van der Waals surface area contributed by atoms with Gasteiger partial charge in [-0.05, 0) is 36.0 Å². The number of carbonyl (C=O) groups excluding carboxylic acids is 1. The van der Waals surface area contributed by atoms with E-state index >= 15 is 0 Å². The number of nitro benzene ring substituents is 1. The van der Waals surface area contributed by atoms with Crippen LogP contribution in [0.3, 0.4) is 0 Å². The molecule has 0 saturated carbocycles. The average molecular weight is 434 g/mol. The van der Waals surface area contributed by atoms with Gasteiger partial charge in [0, 0.05) is 23.5 Å². The molecular weight excluding hydrogens is 408 g/mol. The lowest BCUT2D eigenvalue weighted by Gasteiger charge is -2.20. The molecule has 1 heterocycles. The molecule has 1 N–H and O–H groups in total. The molecule has 3 aromatic rings. The Balaban J connectivity index is 2.12. The van der Waals surface area contributed by atoms with E-state index in [2.05, 4.69) is 10.4 Å². The molecule has 0 saturated heterocycles. The molecule has 0 radical (unpaired) electrons. The van der Waals surface area contributed by atoms with Crippen LogP contribution in [0.2, 0.25) is 0 Å². The fourth-order valence-corrected chi connectivity index (χ4v) is 3.61. The van der Waals surface area contributed by atoms with Crippen LogP contribution in [-0.2, 0) is 0 Å². The van der Waals surface area contributed by atoms with Gasteiger partial charge in [0.2, 0.25) is 5.43 Å². The van der Waals surface area contributed by atoms with E-state index in [0.717, 1.165) is 11.1 Å². The van der Waals surface area contributed by atoms with E-state index in [-0.39, 0.29) is 28.9 Å². The third-order valence-corrected chi connectivity index (χ3v) is 5.24. The number of amides is 1. The summed E-state index contributed by atoms with van der Waals surface area (Å²) in [6.07, 6.45) is 0. The predicted octanol–water partition coefficient (Wildman–Crippen LogP) is 4.95. The summed E-state index contributed by atoms with van der Waals surface area (Å²) in [5.74, 6) is -0.352. The van der Waals surface area contributed by atoms with Crippen LogP contribution >= 0.6 is 0 Å². The topological polar surface area (TPSA) is 107 Å². The van der Waals surface area contributed by atoms with Crippen LogP contribution in [0.1, 0.15) is 66.8 Å². The average Bonchev–Trinajstić information content (AvgIpc) is 2.73. The van der Waals surface area contributed by atoms with Crippen molar-refractivity contribution < 1.29 is 9.72 Å². The highest BCUT2D eigenvalue weighted by Gasteiger charge is 2.22. The summed E-state index contributed by atoms with van der Waals surface area (Å²) in [6.45, 7) is 9.72. The smallest absolute Gasteiger partial charge is 0.294 e. The van der Waals surface area contributed by atoms with E-state index in [0.29, 0.717) is 11.4 Å². The SMILES string of the molecule is Cc1cc(=O)c(C(=O)Nc2c(C(C)C)cccc2C(C)C)nn1-c1ccccc1[N+](=O)[O-]. The van der Waals surface area contributed by atoms with Crippen LogP contribution in [0.4, 0.5) is 11.4 Å². The number of carbonyl (C=O) groups is 1. The minimum atomic E-state index is -0.655. The Hall–Kier alpha value is -3.81. The molecule has 0 aliphatic carbocycles. The number of nitrogens with zero attached hydrogens (tertiary/aromatic N) is 3. The van der Waals surface area contributed by atoms with Gasteiger partial charge >= 0.3 is 0 Å². The lowest BCUT2D eigenvalue weighted by molar-refractivity contribution is -0.384. The number of benzene rings is 2. The summed E-state index contributed by atoms with van der Waals surface area (Å²) in [5.41, 5.74) is 2.07. The third kappa shape index (κ3) is 4.44. The van der Waals surface area contributed by atoms with Gasteiger partial charge < -0.3 is 5.32 Å². The molecule has 0 aliphatic heterocycles. The Kier molecular flexibility index (Phi) is 6.53. The molecule has 0 aliphatic rings. The molecule has 0 spiro atoms. The third-order valence-electron chi connectivity index (χ3n) is 5.24. The van der Waals surface area contributed by atoms with Gasteiger partial charge in [-0.2, -0.15) is 5.10 Å². The summed E-state index contributed by atoms with van der Waals surface area (Å²) in [6, 6.07) is 13.2. The summed E-state index contributed by atoms with van der Waals surface area (Å²) < 4.78 is 1.26. The molecule has 32 heavy (non-hydrogen) atoms. The Morgan fingerprint density at radius 2 is 1.62 bits per heavy atom. The summed E-state index contributed by atoms with van der Waals surface area (Å²) in [5, 5.41) is 18.6. The Bertz CT molecular complexity index is 1220. The Labute approximate surface area is 186 Å². The highest BCUT2D eigenvalue weighted by atomic mass is 16.6. The Morgan fingerprint density at radius 3 is 2.19 bits per heavy atom. The van der Waals surface area contributed by atoms with Gasteiger partial charge in [0.05, 0.1) is 4.92 Å². The second-order valence-electron chi connectivity index (χ2n) is 8.23. The summed E-state index contributed by atoms with van der Waals surface area (Å²) in [4.78, 5) is 36.8. The van der Waals surface area contributed by atoms with Gasteiger partial charge in [-0.25, -0.2) is 4.68 Å². The van der Waals surface area contributed by atoms with Gasteiger partial charge in [0.25, 0.3) is 11.6 Å². The number of anilines is 1. The van der Waals surface area contributed by atoms with Crippen molar-refractivity contribution in [2.75, 3.05) is 5.32 Å². The highest BCUT2D eigenvalue weighted by molar-refractivity contribution is 6.03. The number of nitrogens with one attached hydrogen (secondary N) is 1. The number of hydrogen-bond acceptors (Lipinski definition) is 5. The predicted molar refractivity (Wildman–Crippen MR) is 124 cm³/mol. The summed E-state index contributed by atoms with van der Waals surface area (Å²) >= 11 is 0. The van der Waals surface area contributed by atoms with Gasteiger partial charge in [-0.3, -0.25) is 19.7 Å². The molecule has 0 fully saturated rings. The molecule has 166 valence electrons. The molecule has 1 aromatic heterocycles. The number of nitro groups is 1. The monoisotopic (exact) mass is 434 g/mol.